The summed E-state index contributed by atoms with van der Waals surface area (Å²) in [5, 5.41) is 14.9. The molecule has 0 amide bonds. The first-order valence-electron chi connectivity index (χ1n) is 9.11. The number of benzene rings is 1. The van der Waals surface area contributed by atoms with Crippen molar-refractivity contribution in [1.82, 2.24) is 25.2 Å². The molecule has 7 heteroatoms. The number of ether oxygens (including phenoxy) is 1. The van der Waals surface area contributed by atoms with Crippen LogP contribution in [0.4, 0.5) is 0 Å². The fourth-order valence-corrected chi connectivity index (χ4v) is 2.87. The van der Waals surface area contributed by atoms with Gasteiger partial charge in [0.2, 0.25) is 0 Å². The highest BCUT2D eigenvalue weighted by Crippen LogP contribution is 2.22. The van der Waals surface area contributed by atoms with Crippen LogP contribution in [-0.4, -0.2) is 40.8 Å². The Hall–Kier alpha value is -3.09. The van der Waals surface area contributed by atoms with E-state index in [-0.39, 0.29) is 0 Å². The number of guanidine groups is 1. The van der Waals surface area contributed by atoms with E-state index in [0.717, 1.165) is 36.1 Å². The average molecular weight is 366 g/mol. The molecule has 0 unspecified atom stereocenters. The van der Waals surface area contributed by atoms with Crippen LogP contribution in [0.15, 0.2) is 47.6 Å². The number of fused-ring (bicyclic) bond motifs is 1. The molecular weight excluding hydrogens is 340 g/mol. The van der Waals surface area contributed by atoms with Crippen LogP contribution in [0.2, 0.25) is 0 Å². The third-order valence-electron chi connectivity index (χ3n) is 4.29. The maximum atomic E-state index is 5.93. The summed E-state index contributed by atoms with van der Waals surface area (Å²) in [5.74, 6) is 2.56. The van der Waals surface area contributed by atoms with E-state index in [4.69, 9.17) is 4.74 Å². The lowest BCUT2D eigenvalue weighted by Gasteiger charge is -2.13. The van der Waals surface area contributed by atoms with Gasteiger partial charge in [0.1, 0.15) is 5.75 Å². The second-order valence-electron chi connectivity index (χ2n) is 6.32. The number of aromatic nitrogens is 3. The van der Waals surface area contributed by atoms with Gasteiger partial charge in [-0.2, -0.15) is 0 Å². The predicted octanol–water partition coefficient (Wildman–Crippen LogP) is 2.48. The van der Waals surface area contributed by atoms with Crippen molar-refractivity contribution in [2.75, 3.05) is 20.2 Å². The minimum atomic E-state index is 0.545. The Bertz CT molecular complexity index is 897. The van der Waals surface area contributed by atoms with Gasteiger partial charge in [0.25, 0.3) is 0 Å². The van der Waals surface area contributed by atoms with Crippen LogP contribution in [-0.2, 0) is 6.54 Å². The zero-order valence-corrected chi connectivity index (χ0v) is 16.1. The van der Waals surface area contributed by atoms with Gasteiger partial charge in [0.05, 0.1) is 13.2 Å². The number of nitrogens with zero attached hydrogens (tertiary/aromatic N) is 4. The van der Waals surface area contributed by atoms with Gasteiger partial charge in [-0.15, -0.1) is 10.2 Å². The predicted molar refractivity (Wildman–Crippen MR) is 107 cm³/mol. The van der Waals surface area contributed by atoms with E-state index >= 15 is 0 Å². The summed E-state index contributed by atoms with van der Waals surface area (Å²) in [6.07, 6.45) is 2.83. The molecule has 2 N–H and O–H groups in total. The number of rotatable bonds is 7. The van der Waals surface area contributed by atoms with Crippen molar-refractivity contribution in [1.29, 1.82) is 0 Å². The normalized spacial score (nSPS) is 11.6. The van der Waals surface area contributed by atoms with Crippen LogP contribution in [0.5, 0.6) is 5.75 Å². The van der Waals surface area contributed by atoms with E-state index in [1.165, 1.54) is 11.1 Å². The molecule has 27 heavy (non-hydrogen) atoms. The maximum absolute atomic E-state index is 5.93. The first kappa shape index (κ1) is 18.7. The molecule has 0 saturated carbocycles. The SMILES string of the molecule is CN=C(NCCCOc1c(C)cccc1C)NCc1nnc2ccccn12. The molecule has 0 fully saturated rings. The molecule has 0 bridgehead atoms. The van der Waals surface area contributed by atoms with Crippen molar-refractivity contribution in [3.05, 3.63) is 59.5 Å². The number of nitrogens with one attached hydrogen (secondary N) is 2. The summed E-state index contributed by atoms with van der Waals surface area (Å²) >= 11 is 0. The van der Waals surface area contributed by atoms with Crippen molar-refractivity contribution >= 4 is 11.6 Å². The molecule has 1 aromatic carbocycles. The standard InChI is InChI=1S/C20H26N6O/c1-15-8-6-9-16(2)19(15)27-13-7-11-22-20(21-3)23-14-18-25-24-17-10-4-5-12-26(17)18/h4-6,8-10,12H,7,11,13-14H2,1-3H3,(H2,21,22,23). The van der Waals surface area contributed by atoms with Crippen LogP contribution in [0.25, 0.3) is 5.65 Å². The lowest BCUT2D eigenvalue weighted by Crippen LogP contribution is -2.38. The van der Waals surface area contributed by atoms with Gasteiger partial charge < -0.3 is 15.4 Å². The highest BCUT2D eigenvalue weighted by Gasteiger charge is 2.06. The Kier molecular flexibility index (Phi) is 6.25. The molecule has 0 spiro atoms. The summed E-state index contributed by atoms with van der Waals surface area (Å²) in [6, 6.07) is 12.0. The molecule has 0 aliphatic rings. The molecule has 142 valence electrons. The summed E-state index contributed by atoms with van der Waals surface area (Å²) < 4.78 is 7.89. The topological polar surface area (TPSA) is 75.8 Å². The van der Waals surface area contributed by atoms with Crippen LogP contribution in [0.1, 0.15) is 23.4 Å². The van der Waals surface area contributed by atoms with Gasteiger partial charge in [-0.25, -0.2) is 0 Å². The first-order valence-corrected chi connectivity index (χ1v) is 9.11. The molecule has 2 heterocycles. The van der Waals surface area contributed by atoms with Gasteiger partial charge in [0, 0.05) is 19.8 Å². The van der Waals surface area contributed by atoms with Crippen molar-refractivity contribution in [2.24, 2.45) is 4.99 Å². The number of hydrogen-bond donors (Lipinski definition) is 2. The average Bonchev–Trinajstić information content (AvgIpc) is 3.09. The summed E-state index contributed by atoms with van der Waals surface area (Å²) in [7, 11) is 1.75. The Morgan fingerprint density at radius 2 is 1.89 bits per heavy atom. The lowest BCUT2D eigenvalue weighted by atomic mass is 10.1. The summed E-state index contributed by atoms with van der Waals surface area (Å²) in [4.78, 5) is 4.25. The van der Waals surface area contributed by atoms with Gasteiger partial charge in [-0.3, -0.25) is 9.39 Å². The second-order valence-corrected chi connectivity index (χ2v) is 6.32. The minimum Gasteiger partial charge on any atom is -0.493 e. The van der Waals surface area contributed by atoms with Crippen LogP contribution >= 0.6 is 0 Å². The van der Waals surface area contributed by atoms with Crippen LogP contribution in [0.3, 0.4) is 0 Å². The zero-order valence-electron chi connectivity index (χ0n) is 16.1. The quantitative estimate of drug-likeness (QED) is 0.382. The van der Waals surface area contributed by atoms with Gasteiger partial charge in [-0.05, 0) is 43.5 Å². The van der Waals surface area contributed by atoms with E-state index in [1.54, 1.807) is 7.05 Å². The van der Waals surface area contributed by atoms with Gasteiger partial charge in [-0.1, -0.05) is 24.3 Å². The first-order chi connectivity index (χ1) is 13.2. The van der Waals surface area contributed by atoms with Crippen LogP contribution in [0, 0.1) is 13.8 Å². The molecule has 0 atom stereocenters. The third-order valence-corrected chi connectivity index (χ3v) is 4.29. The van der Waals surface area contributed by atoms with Crippen molar-refractivity contribution in [2.45, 2.75) is 26.8 Å². The molecule has 0 radical (unpaired) electrons. The van der Waals surface area contributed by atoms with E-state index in [0.29, 0.717) is 13.2 Å². The van der Waals surface area contributed by atoms with E-state index in [1.807, 2.05) is 34.9 Å². The number of aryl methyl sites for hydroxylation is 2. The summed E-state index contributed by atoms with van der Waals surface area (Å²) in [5.41, 5.74) is 3.17. The number of para-hydroxylation sites is 1. The maximum Gasteiger partial charge on any atom is 0.191 e. The molecular formula is C20H26N6O. The molecule has 0 aliphatic heterocycles. The fourth-order valence-electron chi connectivity index (χ4n) is 2.87. The third kappa shape index (κ3) is 4.75. The van der Waals surface area contributed by atoms with E-state index in [2.05, 4.69) is 51.8 Å². The van der Waals surface area contributed by atoms with Gasteiger partial charge >= 0.3 is 0 Å². The van der Waals surface area contributed by atoms with E-state index in [9.17, 15) is 0 Å². The van der Waals surface area contributed by atoms with Crippen molar-refractivity contribution in [3.8, 4) is 5.75 Å². The fraction of sp³-hybridized carbons (Fsp3) is 0.350. The Labute approximate surface area is 159 Å². The lowest BCUT2D eigenvalue weighted by molar-refractivity contribution is 0.307. The Balaban J connectivity index is 1.42. The molecule has 3 aromatic rings. The monoisotopic (exact) mass is 366 g/mol. The van der Waals surface area contributed by atoms with Gasteiger partial charge in [0.15, 0.2) is 17.4 Å². The van der Waals surface area contributed by atoms with Crippen molar-refractivity contribution in [3.63, 3.8) is 0 Å². The molecule has 7 nitrogen and oxygen atoms in total. The van der Waals surface area contributed by atoms with Crippen molar-refractivity contribution < 1.29 is 4.74 Å². The second kappa shape index (κ2) is 9.02. The molecule has 2 aromatic heterocycles. The Morgan fingerprint density at radius 3 is 2.67 bits per heavy atom. The highest BCUT2D eigenvalue weighted by atomic mass is 16.5. The van der Waals surface area contributed by atoms with E-state index < -0.39 is 0 Å². The minimum absolute atomic E-state index is 0.545. The molecule has 0 aliphatic carbocycles. The summed E-state index contributed by atoms with van der Waals surface area (Å²) in [6.45, 7) is 6.11. The molecule has 0 saturated heterocycles. The smallest absolute Gasteiger partial charge is 0.191 e. The van der Waals surface area contributed by atoms with Crippen LogP contribution < -0.4 is 15.4 Å². The largest absolute Gasteiger partial charge is 0.493 e. The highest BCUT2D eigenvalue weighted by molar-refractivity contribution is 5.79. The molecule has 3 rings (SSSR count). The Morgan fingerprint density at radius 1 is 1.07 bits per heavy atom. The number of pyridine rings is 1. The number of aliphatic imine (C=N–C) groups is 1. The zero-order chi connectivity index (χ0) is 19.1. The number of hydrogen-bond acceptors (Lipinski definition) is 4.